The summed E-state index contributed by atoms with van der Waals surface area (Å²) >= 11 is 0. The molecular weight excluding hydrogens is 348 g/mol. The minimum Gasteiger partial charge on any atom is -0.490 e. The predicted molar refractivity (Wildman–Crippen MR) is 109 cm³/mol. The van der Waals surface area contributed by atoms with Crippen molar-refractivity contribution in [3.8, 4) is 23.2 Å². The molecule has 1 fully saturated rings. The van der Waals surface area contributed by atoms with Crippen molar-refractivity contribution in [3.63, 3.8) is 0 Å². The van der Waals surface area contributed by atoms with Gasteiger partial charge >= 0.3 is 0 Å². The number of hydrogen-bond donors (Lipinski definition) is 0. The zero-order valence-corrected chi connectivity index (χ0v) is 16.1. The van der Waals surface area contributed by atoms with Gasteiger partial charge in [-0.15, -0.1) is 0 Å². The normalized spacial score (nSPS) is 15.3. The van der Waals surface area contributed by atoms with Crippen LogP contribution < -0.4 is 4.74 Å². The lowest BCUT2D eigenvalue weighted by molar-refractivity contribution is 0.114. The molecule has 2 heterocycles. The van der Waals surface area contributed by atoms with Crippen molar-refractivity contribution in [2.45, 2.75) is 25.5 Å². The molecule has 5 nitrogen and oxygen atoms in total. The van der Waals surface area contributed by atoms with Gasteiger partial charge in [-0.05, 0) is 61.9 Å². The van der Waals surface area contributed by atoms with Crippen LogP contribution in [-0.2, 0) is 6.54 Å². The van der Waals surface area contributed by atoms with Crippen molar-refractivity contribution in [2.24, 2.45) is 0 Å². The van der Waals surface area contributed by atoms with Crippen molar-refractivity contribution in [1.29, 1.82) is 5.26 Å². The van der Waals surface area contributed by atoms with E-state index in [0.29, 0.717) is 11.7 Å². The molecule has 2 aromatic carbocycles. The summed E-state index contributed by atoms with van der Waals surface area (Å²) in [4.78, 5) is 6.88. The molecule has 142 valence electrons. The van der Waals surface area contributed by atoms with Gasteiger partial charge in [0.1, 0.15) is 17.7 Å². The number of nitrogens with zero attached hydrogens (tertiary/aromatic N) is 4. The first-order valence-corrected chi connectivity index (χ1v) is 9.67. The molecule has 28 heavy (non-hydrogen) atoms. The van der Waals surface area contributed by atoms with Crippen LogP contribution in [0.15, 0.2) is 60.9 Å². The quantitative estimate of drug-likeness (QED) is 0.681. The Balaban J connectivity index is 1.44. The highest BCUT2D eigenvalue weighted by Gasteiger charge is 2.18. The zero-order valence-electron chi connectivity index (χ0n) is 16.1. The van der Waals surface area contributed by atoms with E-state index >= 15 is 0 Å². The van der Waals surface area contributed by atoms with Crippen LogP contribution in [0, 0.1) is 11.3 Å². The molecule has 0 saturated carbocycles. The van der Waals surface area contributed by atoms with Crippen molar-refractivity contribution in [1.82, 2.24) is 14.5 Å². The fourth-order valence-corrected chi connectivity index (χ4v) is 3.56. The summed E-state index contributed by atoms with van der Waals surface area (Å²) in [7, 11) is 2.16. The van der Waals surface area contributed by atoms with Gasteiger partial charge in [-0.1, -0.05) is 12.1 Å². The summed E-state index contributed by atoms with van der Waals surface area (Å²) in [6, 6.07) is 18.0. The number of likely N-dealkylation sites (tertiary alicyclic amines) is 1. The molecule has 1 aliphatic heterocycles. The van der Waals surface area contributed by atoms with E-state index in [0.717, 1.165) is 55.2 Å². The highest BCUT2D eigenvalue weighted by atomic mass is 16.5. The minimum atomic E-state index is 0.306. The lowest BCUT2D eigenvalue weighted by atomic mass is 10.1. The van der Waals surface area contributed by atoms with E-state index in [1.165, 1.54) is 0 Å². The highest BCUT2D eigenvalue weighted by Crippen LogP contribution is 2.24. The average molecular weight is 372 g/mol. The first-order valence-electron chi connectivity index (χ1n) is 9.67. The molecule has 0 amide bonds. The largest absolute Gasteiger partial charge is 0.490 e. The van der Waals surface area contributed by atoms with E-state index in [1.54, 1.807) is 0 Å². The molecule has 0 atom stereocenters. The van der Waals surface area contributed by atoms with Gasteiger partial charge in [-0.3, -0.25) is 0 Å². The van der Waals surface area contributed by atoms with Crippen LogP contribution in [0.3, 0.4) is 0 Å². The summed E-state index contributed by atoms with van der Waals surface area (Å²) in [6.45, 7) is 2.90. The topological polar surface area (TPSA) is 54.1 Å². The number of nitriles is 1. The average Bonchev–Trinajstić information content (AvgIpc) is 3.19. The Bertz CT molecular complexity index is 946. The third-order valence-corrected chi connectivity index (χ3v) is 5.23. The van der Waals surface area contributed by atoms with Crippen LogP contribution in [0.25, 0.3) is 11.4 Å². The summed E-state index contributed by atoms with van der Waals surface area (Å²) in [5.74, 6) is 1.85. The molecule has 0 N–H and O–H groups in total. The van der Waals surface area contributed by atoms with Crippen molar-refractivity contribution in [2.75, 3.05) is 20.1 Å². The molecule has 0 bridgehead atoms. The van der Waals surface area contributed by atoms with Gasteiger partial charge in [0.25, 0.3) is 0 Å². The fraction of sp³-hybridized carbons (Fsp3) is 0.304. The number of aromatic nitrogens is 2. The molecule has 1 aromatic heterocycles. The number of imidazole rings is 1. The minimum absolute atomic E-state index is 0.306. The molecular formula is C23H24N4O. The van der Waals surface area contributed by atoms with Crippen molar-refractivity contribution >= 4 is 0 Å². The Morgan fingerprint density at radius 1 is 1.07 bits per heavy atom. The SMILES string of the molecule is CN1CCC(Oc2ccc(-c3nccn3Cc3ccc(C#N)cc3)cc2)CC1. The van der Waals surface area contributed by atoms with Crippen LogP contribution in [0.1, 0.15) is 24.0 Å². The smallest absolute Gasteiger partial charge is 0.140 e. The first kappa shape index (κ1) is 18.3. The molecule has 3 aromatic rings. The molecule has 0 radical (unpaired) electrons. The van der Waals surface area contributed by atoms with E-state index in [-0.39, 0.29) is 0 Å². The maximum Gasteiger partial charge on any atom is 0.140 e. The second-order valence-electron chi connectivity index (χ2n) is 7.33. The summed E-state index contributed by atoms with van der Waals surface area (Å²) < 4.78 is 8.26. The van der Waals surface area contributed by atoms with E-state index in [1.807, 2.05) is 48.8 Å². The predicted octanol–water partition coefficient (Wildman–Crippen LogP) is 3.94. The number of ether oxygens (including phenoxy) is 1. The van der Waals surface area contributed by atoms with E-state index in [2.05, 4.69) is 39.7 Å². The number of piperidine rings is 1. The van der Waals surface area contributed by atoms with E-state index in [4.69, 9.17) is 10.00 Å². The third-order valence-electron chi connectivity index (χ3n) is 5.23. The summed E-state index contributed by atoms with van der Waals surface area (Å²) in [5, 5.41) is 8.94. The van der Waals surface area contributed by atoms with E-state index < -0.39 is 0 Å². The Hall–Kier alpha value is -3.10. The monoisotopic (exact) mass is 372 g/mol. The Kier molecular flexibility index (Phi) is 5.41. The zero-order chi connectivity index (χ0) is 19.3. The summed E-state index contributed by atoms with van der Waals surface area (Å²) in [6.07, 6.45) is 6.26. The third kappa shape index (κ3) is 4.24. The second-order valence-corrected chi connectivity index (χ2v) is 7.33. The lowest BCUT2D eigenvalue weighted by Crippen LogP contribution is -2.35. The second kappa shape index (κ2) is 8.28. The Morgan fingerprint density at radius 2 is 1.79 bits per heavy atom. The fourth-order valence-electron chi connectivity index (χ4n) is 3.56. The molecule has 1 saturated heterocycles. The standard InChI is InChI=1S/C23H24N4O/c1-26-13-10-22(11-14-26)28-21-8-6-20(7-9-21)23-25-12-15-27(23)17-19-4-2-18(16-24)3-5-19/h2-9,12,15,22H,10-11,13-14,17H2,1H3. The van der Waals surface area contributed by atoms with Gasteiger partial charge in [-0.25, -0.2) is 4.98 Å². The van der Waals surface area contributed by atoms with E-state index in [9.17, 15) is 0 Å². The Labute approximate surface area is 165 Å². The Morgan fingerprint density at radius 3 is 2.46 bits per heavy atom. The summed E-state index contributed by atoms with van der Waals surface area (Å²) in [5.41, 5.74) is 2.88. The van der Waals surface area contributed by atoms with Crippen LogP contribution in [0.2, 0.25) is 0 Å². The maximum absolute atomic E-state index is 8.94. The highest BCUT2D eigenvalue weighted by molar-refractivity contribution is 5.57. The van der Waals surface area contributed by atoms with Gasteiger partial charge in [0.05, 0.1) is 11.6 Å². The van der Waals surface area contributed by atoms with Crippen molar-refractivity contribution in [3.05, 3.63) is 72.1 Å². The number of rotatable bonds is 5. The molecule has 5 heteroatoms. The number of benzene rings is 2. The first-order chi connectivity index (χ1) is 13.7. The number of hydrogen-bond acceptors (Lipinski definition) is 4. The molecule has 4 rings (SSSR count). The lowest BCUT2D eigenvalue weighted by Gasteiger charge is -2.29. The van der Waals surface area contributed by atoms with Crippen LogP contribution in [-0.4, -0.2) is 40.7 Å². The van der Waals surface area contributed by atoms with Gasteiger partial charge in [-0.2, -0.15) is 5.26 Å². The van der Waals surface area contributed by atoms with Gasteiger partial charge in [0, 0.05) is 37.6 Å². The van der Waals surface area contributed by atoms with Gasteiger partial charge in [0.2, 0.25) is 0 Å². The van der Waals surface area contributed by atoms with Crippen LogP contribution in [0.5, 0.6) is 5.75 Å². The maximum atomic E-state index is 8.94. The molecule has 1 aliphatic rings. The van der Waals surface area contributed by atoms with Gasteiger partial charge < -0.3 is 14.2 Å². The van der Waals surface area contributed by atoms with Crippen LogP contribution >= 0.6 is 0 Å². The van der Waals surface area contributed by atoms with Crippen LogP contribution in [0.4, 0.5) is 0 Å². The van der Waals surface area contributed by atoms with Gasteiger partial charge in [0.15, 0.2) is 0 Å². The molecule has 0 spiro atoms. The molecule has 0 aliphatic carbocycles. The van der Waals surface area contributed by atoms with Crippen molar-refractivity contribution < 1.29 is 4.74 Å². The molecule has 0 unspecified atom stereocenters.